The first-order valence-corrected chi connectivity index (χ1v) is 7.78. The Morgan fingerprint density at radius 1 is 0.870 bits per heavy atom. The number of anilines is 1. The highest BCUT2D eigenvalue weighted by atomic mass is 16.5. The van der Waals surface area contributed by atoms with Crippen LogP contribution in [0, 0.1) is 0 Å². The monoisotopic (exact) mass is 307 g/mol. The van der Waals surface area contributed by atoms with Crippen molar-refractivity contribution in [3.8, 4) is 11.5 Å². The van der Waals surface area contributed by atoms with E-state index in [-0.39, 0.29) is 6.10 Å². The molecule has 0 aromatic heterocycles. The van der Waals surface area contributed by atoms with Gasteiger partial charge in [-0.3, -0.25) is 0 Å². The topological polar surface area (TPSA) is 30.5 Å². The summed E-state index contributed by atoms with van der Waals surface area (Å²) in [6.45, 7) is 2.79. The third kappa shape index (κ3) is 3.75. The summed E-state index contributed by atoms with van der Waals surface area (Å²) in [4.78, 5) is 0. The number of rotatable bonds is 6. The lowest BCUT2D eigenvalue weighted by atomic mass is 10.1. The molecule has 0 heterocycles. The molecule has 0 aliphatic rings. The first-order valence-electron chi connectivity index (χ1n) is 7.78. The van der Waals surface area contributed by atoms with Crippen molar-refractivity contribution in [1.29, 1.82) is 0 Å². The molecule has 3 nitrogen and oxygen atoms in total. The van der Waals surface area contributed by atoms with Gasteiger partial charge in [-0.15, -0.1) is 0 Å². The quantitative estimate of drug-likeness (QED) is 0.714. The summed E-state index contributed by atoms with van der Waals surface area (Å²) in [6, 6.07) is 22.3. The van der Waals surface area contributed by atoms with Gasteiger partial charge in [0.2, 0.25) is 0 Å². The predicted molar refractivity (Wildman–Crippen MR) is 95.5 cm³/mol. The maximum atomic E-state index is 5.93. The average Bonchev–Trinajstić information content (AvgIpc) is 2.60. The molecule has 0 fully saturated rings. The molecule has 23 heavy (non-hydrogen) atoms. The minimum atomic E-state index is 0.0577. The molecule has 1 N–H and O–H groups in total. The van der Waals surface area contributed by atoms with E-state index in [1.807, 2.05) is 24.3 Å². The van der Waals surface area contributed by atoms with Crippen LogP contribution in [0.25, 0.3) is 10.8 Å². The summed E-state index contributed by atoms with van der Waals surface area (Å²) in [7, 11) is 1.66. The molecule has 3 aromatic rings. The Morgan fingerprint density at radius 2 is 1.57 bits per heavy atom. The molecule has 3 aromatic carbocycles. The second-order valence-electron chi connectivity index (χ2n) is 5.51. The fourth-order valence-electron chi connectivity index (χ4n) is 2.56. The molecule has 1 atom stereocenters. The zero-order valence-electron chi connectivity index (χ0n) is 13.5. The molecule has 0 saturated carbocycles. The van der Waals surface area contributed by atoms with E-state index in [1.165, 1.54) is 10.8 Å². The number of fused-ring (bicyclic) bond motifs is 1. The summed E-state index contributed by atoms with van der Waals surface area (Å²) in [6.07, 6.45) is 0.0577. The molecule has 0 bridgehead atoms. The van der Waals surface area contributed by atoms with Crippen LogP contribution in [0.3, 0.4) is 0 Å². The molecule has 1 unspecified atom stereocenters. The minimum Gasteiger partial charge on any atom is -0.497 e. The first kappa shape index (κ1) is 15.2. The summed E-state index contributed by atoms with van der Waals surface area (Å²) in [5.74, 6) is 1.68. The average molecular weight is 307 g/mol. The van der Waals surface area contributed by atoms with Gasteiger partial charge in [0.25, 0.3) is 0 Å². The van der Waals surface area contributed by atoms with Crippen LogP contribution in [-0.2, 0) is 0 Å². The lowest BCUT2D eigenvalue weighted by molar-refractivity contribution is 0.234. The molecule has 3 rings (SSSR count). The Bertz CT molecular complexity index is 763. The van der Waals surface area contributed by atoms with E-state index in [1.54, 1.807) is 7.11 Å². The zero-order chi connectivity index (χ0) is 16.1. The van der Waals surface area contributed by atoms with Gasteiger partial charge in [-0.05, 0) is 42.6 Å². The summed E-state index contributed by atoms with van der Waals surface area (Å²) in [5.41, 5.74) is 1.13. The number of benzene rings is 3. The van der Waals surface area contributed by atoms with Crippen molar-refractivity contribution in [3.05, 3.63) is 66.7 Å². The zero-order valence-corrected chi connectivity index (χ0v) is 13.5. The van der Waals surface area contributed by atoms with Crippen molar-refractivity contribution in [1.82, 2.24) is 0 Å². The molecule has 118 valence electrons. The van der Waals surface area contributed by atoms with E-state index in [4.69, 9.17) is 9.47 Å². The second kappa shape index (κ2) is 7.05. The molecule has 0 aliphatic heterocycles. The van der Waals surface area contributed by atoms with Gasteiger partial charge in [-0.2, -0.15) is 0 Å². The normalized spacial score (nSPS) is 11.9. The van der Waals surface area contributed by atoms with Crippen LogP contribution >= 0.6 is 0 Å². The lowest BCUT2D eigenvalue weighted by Crippen LogP contribution is -2.22. The van der Waals surface area contributed by atoms with E-state index in [2.05, 4.69) is 54.7 Å². The maximum absolute atomic E-state index is 5.93. The highest BCUT2D eigenvalue weighted by Gasteiger charge is 2.06. The Kier molecular flexibility index (Phi) is 4.67. The van der Waals surface area contributed by atoms with Crippen molar-refractivity contribution in [2.24, 2.45) is 0 Å². The van der Waals surface area contributed by atoms with Gasteiger partial charge in [-0.25, -0.2) is 0 Å². The van der Waals surface area contributed by atoms with Crippen LogP contribution in [0.1, 0.15) is 6.92 Å². The Morgan fingerprint density at radius 3 is 2.35 bits per heavy atom. The number of nitrogens with one attached hydrogen (secondary N) is 1. The standard InChI is InChI=1S/C20H21NO2/c1-15(23-18-12-10-17(22-2)11-13-18)14-21-20-9-5-7-16-6-3-4-8-19(16)20/h3-13,15,21H,14H2,1-2H3. The summed E-state index contributed by atoms with van der Waals surface area (Å²) < 4.78 is 11.1. The maximum Gasteiger partial charge on any atom is 0.120 e. The van der Waals surface area contributed by atoms with Gasteiger partial charge in [0, 0.05) is 11.1 Å². The van der Waals surface area contributed by atoms with Crippen molar-refractivity contribution >= 4 is 16.5 Å². The highest BCUT2D eigenvalue weighted by molar-refractivity contribution is 5.93. The number of hydrogen-bond donors (Lipinski definition) is 1. The van der Waals surface area contributed by atoms with E-state index in [9.17, 15) is 0 Å². The molecule has 0 saturated heterocycles. The largest absolute Gasteiger partial charge is 0.497 e. The number of ether oxygens (including phenoxy) is 2. The van der Waals surface area contributed by atoms with Crippen molar-refractivity contribution < 1.29 is 9.47 Å². The van der Waals surface area contributed by atoms with E-state index in [0.29, 0.717) is 0 Å². The summed E-state index contributed by atoms with van der Waals surface area (Å²) >= 11 is 0. The van der Waals surface area contributed by atoms with Gasteiger partial charge in [0.05, 0.1) is 13.7 Å². The van der Waals surface area contributed by atoms with E-state index < -0.39 is 0 Å². The SMILES string of the molecule is COc1ccc(OC(C)CNc2cccc3ccccc23)cc1. The van der Waals surface area contributed by atoms with Gasteiger partial charge in [0.15, 0.2) is 0 Å². The molecule has 0 radical (unpaired) electrons. The number of methoxy groups -OCH3 is 1. The van der Waals surface area contributed by atoms with Gasteiger partial charge in [0.1, 0.15) is 17.6 Å². The minimum absolute atomic E-state index is 0.0577. The van der Waals surface area contributed by atoms with Crippen LogP contribution < -0.4 is 14.8 Å². The fraction of sp³-hybridized carbons (Fsp3) is 0.200. The third-order valence-corrected chi connectivity index (χ3v) is 3.77. The molecular formula is C20H21NO2. The van der Waals surface area contributed by atoms with Gasteiger partial charge >= 0.3 is 0 Å². The van der Waals surface area contributed by atoms with Crippen LogP contribution in [0.4, 0.5) is 5.69 Å². The van der Waals surface area contributed by atoms with Crippen molar-refractivity contribution in [3.63, 3.8) is 0 Å². The fourth-order valence-corrected chi connectivity index (χ4v) is 2.56. The van der Waals surface area contributed by atoms with E-state index >= 15 is 0 Å². The Labute approximate surface area is 136 Å². The van der Waals surface area contributed by atoms with Crippen LogP contribution in [0.5, 0.6) is 11.5 Å². The molecule has 0 spiro atoms. The lowest BCUT2D eigenvalue weighted by Gasteiger charge is -2.17. The van der Waals surface area contributed by atoms with Crippen LogP contribution in [0.15, 0.2) is 66.7 Å². The van der Waals surface area contributed by atoms with Gasteiger partial charge < -0.3 is 14.8 Å². The Balaban J connectivity index is 1.62. The van der Waals surface area contributed by atoms with Gasteiger partial charge in [-0.1, -0.05) is 36.4 Å². The van der Waals surface area contributed by atoms with Crippen LogP contribution in [0.2, 0.25) is 0 Å². The van der Waals surface area contributed by atoms with Crippen molar-refractivity contribution in [2.75, 3.05) is 19.0 Å². The van der Waals surface area contributed by atoms with E-state index in [0.717, 1.165) is 23.7 Å². The highest BCUT2D eigenvalue weighted by Crippen LogP contribution is 2.23. The third-order valence-electron chi connectivity index (χ3n) is 3.77. The smallest absolute Gasteiger partial charge is 0.120 e. The Hall–Kier alpha value is -2.68. The molecule has 0 amide bonds. The number of hydrogen-bond acceptors (Lipinski definition) is 3. The predicted octanol–water partition coefficient (Wildman–Crippen LogP) is 4.73. The summed E-state index contributed by atoms with van der Waals surface area (Å²) in [5, 5.41) is 5.95. The van der Waals surface area contributed by atoms with Crippen LogP contribution in [-0.4, -0.2) is 19.8 Å². The van der Waals surface area contributed by atoms with Crippen molar-refractivity contribution in [2.45, 2.75) is 13.0 Å². The molecule has 3 heteroatoms. The molecular weight excluding hydrogens is 286 g/mol. The first-order chi connectivity index (χ1) is 11.3. The second-order valence-corrected chi connectivity index (χ2v) is 5.51. The molecule has 0 aliphatic carbocycles.